The van der Waals surface area contributed by atoms with Crippen LogP contribution < -0.4 is 0 Å². The number of hydrogen-bond donors (Lipinski definition) is 0. The van der Waals surface area contributed by atoms with Gasteiger partial charge >= 0.3 is 5.97 Å². The molecule has 0 unspecified atom stereocenters. The monoisotopic (exact) mass is 397 g/mol. The summed E-state index contributed by atoms with van der Waals surface area (Å²) in [6.45, 7) is 1.84. The molecule has 0 aliphatic heterocycles. The van der Waals surface area contributed by atoms with Crippen molar-refractivity contribution >= 4 is 5.97 Å². The molecule has 3 atom stereocenters. The molecule has 0 N–H and O–H groups in total. The van der Waals surface area contributed by atoms with Crippen LogP contribution in [0.15, 0.2) is 91.0 Å². The smallest absolute Gasteiger partial charge is 0.338 e. The Kier molecular flexibility index (Phi) is 5.14. The first kappa shape index (κ1) is 19.1. The summed E-state index contributed by atoms with van der Waals surface area (Å²) in [5.74, 6) is 0.410. The second-order valence-corrected chi connectivity index (χ2v) is 8.67. The summed E-state index contributed by atoms with van der Waals surface area (Å²) in [4.78, 5) is 15.2. The Morgan fingerprint density at radius 2 is 1.33 bits per heavy atom. The first-order chi connectivity index (χ1) is 14.7. The van der Waals surface area contributed by atoms with Crippen LogP contribution in [0.5, 0.6) is 0 Å². The molecule has 3 aromatic rings. The highest BCUT2D eigenvalue weighted by atomic mass is 16.5. The lowest BCUT2D eigenvalue weighted by Gasteiger charge is -2.32. The van der Waals surface area contributed by atoms with Crippen molar-refractivity contribution in [3.8, 4) is 0 Å². The lowest BCUT2D eigenvalue weighted by Crippen LogP contribution is -2.38. The van der Waals surface area contributed by atoms with E-state index in [1.165, 1.54) is 17.5 Å². The zero-order chi connectivity index (χ0) is 20.4. The van der Waals surface area contributed by atoms with Gasteiger partial charge in [0, 0.05) is 25.0 Å². The van der Waals surface area contributed by atoms with Gasteiger partial charge in [0.2, 0.25) is 0 Å². The predicted molar refractivity (Wildman–Crippen MR) is 118 cm³/mol. The number of hydrogen-bond acceptors (Lipinski definition) is 3. The Morgan fingerprint density at radius 1 is 0.800 bits per heavy atom. The lowest BCUT2D eigenvalue weighted by molar-refractivity contribution is 0.0240. The van der Waals surface area contributed by atoms with E-state index in [4.69, 9.17) is 4.74 Å². The van der Waals surface area contributed by atoms with E-state index in [-0.39, 0.29) is 17.6 Å². The number of carbonyl (C=O) groups excluding carboxylic acids is 1. The number of nitrogens with zero attached hydrogens (tertiary/aromatic N) is 1. The Hall–Kier alpha value is -2.91. The number of fused-ring (bicyclic) bond motifs is 1. The number of rotatable bonds is 7. The predicted octanol–water partition coefficient (Wildman–Crippen LogP) is 5.47. The highest BCUT2D eigenvalue weighted by molar-refractivity contribution is 5.89. The van der Waals surface area contributed by atoms with Gasteiger partial charge in [-0.25, -0.2) is 4.79 Å². The Balaban J connectivity index is 1.32. The zero-order valence-corrected chi connectivity index (χ0v) is 17.1. The lowest BCUT2D eigenvalue weighted by atomic mass is 10.1. The van der Waals surface area contributed by atoms with Gasteiger partial charge in [0.1, 0.15) is 6.10 Å². The Morgan fingerprint density at radius 3 is 1.90 bits per heavy atom. The summed E-state index contributed by atoms with van der Waals surface area (Å²) in [6.07, 6.45) is 3.10. The van der Waals surface area contributed by atoms with Crippen LogP contribution in [0.1, 0.15) is 40.7 Å². The van der Waals surface area contributed by atoms with Crippen LogP contribution in [0.3, 0.4) is 0 Å². The quantitative estimate of drug-likeness (QED) is 0.495. The topological polar surface area (TPSA) is 29.5 Å². The van der Waals surface area contributed by atoms with Gasteiger partial charge in [-0.2, -0.15) is 0 Å². The molecule has 0 saturated heterocycles. The van der Waals surface area contributed by atoms with Crippen molar-refractivity contribution in [2.45, 2.75) is 44.0 Å². The minimum atomic E-state index is -0.199. The molecular weight excluding hydrogens is 370 g/mol. The molecule has 3 aromatic carbocycles. The van der Waals surface area contributed by atoms with Crippen molar-refractivity contribution in [3.63, 3.8) is 0 Å². The van der Waals surface area contributed by atoms with Crippen LogP contribution in [0.4, 0.5) is 0 Å². The van der Waals surface area contributed by atoms with Crippen LogP contribution in [0.25, 0.3) is 0 Å². The molecule has 0 heterocycles. The molecule has 3 nitrogen and oxygen atoms in total. The zero-order valence-electron chi connectivity index (χ0n) is 17.1. The average Bonchev–Trinajstić information content (AvgIpc) is 3.37. The molecule has 152 valence electrons. The minimum Gasteiger partial charge on any atom is -0.459 e. The van der Waals surface area contributed by atoms with E-state index in [0.29, 0.717) is 11.5 Å². The molecule has 0 bridgehead atoms. The van der Waals surface area contributed by atoms with Gasteiger partial charge in [0.15, 0.2) is 0 Å². The maximum Gasteiger partial charge on any atom is 0.338 e. The van der Waals surface area contributed by atoms with E-state index in [1.807, 2.05) is 30.3 Å². The fourth-order valence-corrected chi connectivity index (χ4v) is 5.09. The van der Waals surface area contributed by atoms with E-state index in [1.54, 1.807) is 0 Å². The second-order valence-electron chi connectivity index (χ2n) is 8.67. The maximum atomic E-state index is 12.5. The fourth-order valence-electron chi connectivity index (χ4n) is 5.09. The molecule has 2 aliphatic carbocycles. The molecule has 0 aromatic heterocycles. The van der Waals surface area contributed by atoms with Crippen LogP contribution in [0, 0.1) is 5.92 Å². The van der Waals surface area contributed by atoms with Crippen molar-refractivity contribution in [3.05, 3.63) is 108 Å². The van der Waals surface area contributed by atoms with Gasteiger partial charge in [-0.05, 0) is 42.0 Å². The third-order valence-corrected chi connectivity index (χ3v) is 6.67. The average molecular weight is 398 g/mol. The van der Waals surface area contributed by atoms with E-state index >= 15 is 0 Å². The molecule has 0 spiro atoms. The highest BCUT2D eigenvalue weighted by Gasteiger charge is 2.64. The van der Waals surface area contributed by atoms with Crippen LogP contribution in [-0.2, 0) is 17.8 Å². The van der Waals surface area contributed by atoms with Crippen molar-refractivity contribution in [1.29, 1.82) is 0 Å². The van der Waals surface area contributed by atoms with Gasteiger partial charge in [0.05, 0.1) is 5.56 Å². The first-order valence-corrected chi connectivity index (χ1v) is 10.8. The molecule has 2 saturated carbocycles. The first-order valence-electron chi connectivity index (χ1n) is 10.8. The van der Waals surface area contributed by atoms with Crippen LogP contribution in [0.2, 0.25) is 0 Å². The van der Waals surface area contributed by atoms with Gasteiger partial charge in [-0.3, -0.25) is 4.90 Å². The van der Waals surface area contributed by atoms with E-state index < -0.39 is 0 Å². The molecule has 2 fully saturated rings. The normalized spacial score (nSPS) is 24.4. The van der Waals surface area contributed by atoms with Gasteiger partial charge in [-0.15, -0.1) is 0 Å². The maximum absolute atomic E-state index is 12.5. The largest absolute Gasteiger partial charge is 0.459 e. The van der Waals surface area contributed by atoms with E-state index in [0.717, 1.165) is 25.9 Å². The number of esters is 1. The number of carbonyl (C=O) groups is 1. The molecular formula is C27H27NO2. The third-order valence-electron chi connectivity index (χ3n) is 6.67. The molecule has 30 heavy (non-hydrogen) atoms. The van der Waals surface area contributed by atoms with Gasteiger partial charge < -0.3 is 4.74 Å². The van der Waals surface area contributed by atoms with E-state index in [2.05, 4.69) is 65.6 Å². The van der Waals surface area contributed by atoms with E-state index in [9.17, 15) is 4.79 Å². The van der Waals surface area contributed by atoms with Crippen molar-refractivity contribution < 1.29 is 9.53 Å². The molecule has 0 radical (unpaired) electrons. The second kappa shape index (κ2) is 8.08. The standard InChI is InChI=1S/C27H27NO2/c29-26(23-14-8-3-9-15-23)30-25-16-24-17-27(24,18-25)28(19-21-10-4-1-5-11-21)20-22-12-6-2-7-13-22/h1-15,24-25H,16-20H2/t24-,25+,27+/m1/s1. The third kappa shape index (κ3) is 3.90. The van der Waals surface area contributed by atoms with Gasteiger partial charge in [0.25, 0.3) is 0 Å². The summed E-state index contributed by atoms with van der Waals surface area (Å²) in [5, 5.41) is 0. The van der Waals surface area contributed by atoms with Gasteiger partial charge in [-0.1, -0.05) is 78.9 Å². The van der Waals surface area contributed by atoms with Crippen molar-refractivity contribution in [2.24, 2.45) is 5.92 Å². The highest BCUT2D eigenvalue weighted by Crippen LogP contribution is 2.61. The van der Waals surface area contributed by atoms with Crippen molar-refractivity contribution in [1.82, 2.24) is 4.90 Å². The Labute approximate surface area is 178 Å². The molecule has 5 rings (SSSR count). The van der Waals surface area contributed by atoms with Crippen LogP contribution in [-0.4, -0.2) is 22.5 Å². The summed E-state index contributed by atoms with van der Waals surface area (Å²) in [7, 11) is 0. The number of benzene rings is 3. The number of ether oxygens (including phenoxy) is 1. The summed E-state index contributed by atoms with van der Waals surface area (Å²) in [6, 6.07) is 30.7. The van der Waals surface area contributed by atoms with Crippen LogP contribution >= 0.6 is 0 Å². The summed E-state index contributed by atoms with van der Waals surface area (Å²) in [5.41, 5.74) is 3.45. The Bertz CT molecular complexity index is 948. The fraction of sp³-hybridized carbons (Fsp3) is 0.296. The molecule has 0 amide bonds. The molecule has 3 heteroatoms. The summed E-state index contributed by atoms with van der Waals surface area (Å²) >= 11 is 0. The SMILES string of the molecule is O=C(O[C@H]1C[C@@H]2C[C@]2(N(Cc2ccccc2)Cc2ccccc2)C1)c1ccccc1. The minimum absolute atomic E-state index is 0.00510. The molecule has 2 aliphatic rings. The summed E-state index contributed by atoms with van der Waals surface area (Å²) < 4.78 is 5.91. The van der Waals surface area contributed by atoms with Crippen molar-refractivity contribution in [2.75, 3.05) is 0 Å².